The van der Waals surface area contributed by atoms with E-state index in [2.05, 4.69) is 0 Å². The number of carboxylic acid groups (broad SMARTS) is 1. The standard InChI is InChI=1S/C12H8FNO3S2/c13-8-3-1-2-7(4-8)5-9-11(17)14(6-10(15)16)12(18)19-9/h1-5H,6H2,(H,15,16)/b9-5+. The molecule has 1 aliphatic heterocycles. The van der Waals surface area contributed by atoms with E-state index in [0.717, 1.165) is 16.7 Å². The van der Waals surface area contributed by atoms with Gasteiger partial charge in [0, 0.05) is 0 Å². The lowest BCUT2D eigenvalue weighted by Crippen LogP contribution is -2.33. The van der Waals surface area contributed by atoms with Gasteiger partial charge in [0.05, 0.1) is 4.91 Å². The lowest BCUT2D eigenvalue weighted by Gasteiger charge is -2.10. The van der Waals surface area contributed by atoms with Gasteiger partial charge in [-0.25, -0.2) is 4.39 Å². The van der Waals surface area contributed by atoms with Gasteiger partial charge in [-0.3, -0.25) is 14.5 Å². The molecule has 1 saturated heterocycles. The number of thiocarbonyl (C=S) groups is 1. The minimum absolute atomic E-state index is 0.190. The van der Waals surface area contributed by atoms with Gasteiger partial charge < -0.3 is 5.11 Å². The van der Waals surface area contributed by atoms with Crippen molar-refractivity contribution in [1.29, 1.82) is 0 Å². The van der Waals surface area contributed by atoms with Crippen LogP contribution < -0.4 is 0 Å². The second-order valence-corrected chi connectivity index (χ2v) is 5.39. The molecule has 0 unspecified atom stereocenters. The number of hydrogen-bond donors (Lipinski definition) is 1. The van der Waals surface area contributed by atoms with E-state index in [1.807, 2.05) is 0 Å². The first-order valence-corrected chi connectivity index (χ1v) is 6.42. The number of carbonyl (C=O) groups is 2. The Morgan fingerprint density at radius 3 is 2.89 bits per heavy atom. The Hall–Kier alpha value is -1.73. The topological polar surface area (TPSA) is 57.6 Å². The smallest absolute Gasteiger partial charge is 0.323 e. The zero-order valence-corrected chi connectivity index (χ0v) is 11.1. The zero-order chi connectivity index (χ0) is 14.0. The van der Waals surface area contributed by atoms with Crippen LogP contribution in [0.3, 0.4) is 0 Å². The van der Waals surface area contributed by atoms with Gasteiger partial charge in [-0.05, 0) is 23.8 Å². The van der Waals surface area contributed by atoms with E-state index in [1.54, 1.807) is 6.07 Å². The lowest BCUT2D eigenvalue weighted by atomic mass is 10.2. The highest BCUT2D eigenvalue weighted by Crippen LogP contribution is 2.32. The van der Waals surface area contributed by atoms with E-state index in [0.29, 0.717) is 5.56 Å². The van der Waals surface area contributed by atoms with Gasteiger partial charge >= 0.3 is 5.97 Å². The van der Waals surface area contributed by atoms with Crippen LogP contribution in [0.2, 0.25) is 0 Å². The number of benzene rings is 1. The molecule has 1 fully saturated rings. The van der Waals surface area contributed by atoms with Crippen LogP contribution in [0.1, 0.15) is 5.56 Å². The molecule has 1 amide bonds. The van der Waals surface area contributed by atoms with Crippen molar-refractivity contribution in [3.8, 4) is 0 Å². The number of nitrogens with zero attached hydrogens (tertiary/aromatic N) is 1. The molecule has 7 heteroatoms. The summed E-state index contributed by atoms with van der Waals surface area (Å²) in [5.74, 6) is -2.01. The monoisotopic (exact) mass is 297 g/mol. The molecule has 1 aromatic carbocycles. The molecular formula is C12H8FNO3S2. The third kappa shape index (κ3) is 3.18. The van der Waals surface area contributed by atoms with Crippen molar-refractivity contribution in [1.82, 2.24) is 4.90 Å². The molecule has 0 aromatic heterocycles. The Morgan fingerprint density at radius 1 is 1.53 bits per heavy atom. The molecule has 0 spiro atoms. The van der Waals surface area contributed by atoms with Crippen LogP contribution in [0.15, 0.2) is 29.2 Å². The number of rotatable bonds is 3. The van der Waals surface area contributed by atoms with Crippen LogP contribution in [-0.2, 0) is 9.59 Å². The van der Waals surface area contributed by atoms with Crippen LogP contribution in [0.5, 0.6) is 0 Å². The van der Waals surface area contributed by atoms with E-state index >= 15 is 0 Å². The van der Waals surface area contributed by atoms with E-state index < -0.39 is 24.2 Å². The van der Waals surface area contributed by atoms with Crippen LogP contribution in [0.25, 0.3) is 6.08 Å². The molecule has 1 N–H and O–H groups in total. The van der Waals surface area contributed by atoms with E-state index in [9.17, 15) is 14.0 Å². The maximum absolute atomic E-state index is 13.0. The number of hydrogen-bond acceptors (Lipinski definition) is 4. The highest BCUT2D eigenvalue weighted by Gasteiger charge is 2.33. The molecule has 1 aromatic rings. The van der Waals surface area contributed by atoms with Crippen LogP contribution >= 0.6 is 24.0 Å². The van der Waals surface area contributed by atoms with Crippen molar-refractivity contribution in [3.05, 3.63) is 40.6 Å². The molecule has 4 nitrogen and oxygen atoms in total. The Balaban J connectivity index is 2.25. The Bertz CT molecular complexity index is 600. The third-order valence-corrected chi connectivity index (χ3v) is 3.69. The minimum atomic E-state index is -1.14. The van der Waals surface area contributed by atoms with Crippen molar-refractivity contribution in [3.63, 3.8) is 0 Å². The highest BCUT2D eigenvalue weighted by atomic mass is 32.2. The Labute approximate surface area is 117 Å². The number of halogens is 1. The fourth-order valence-electron chi connectivity index (χ4n) is 1.52. The third-order valence-electron chi connectivity index (χ3n) is 2.31. The SMILES string of the molecule is O=C(O)CN1C(=O)/C(=C\c2cccc(F)c2)SC1=S. The van der Waals surface area contributed by atoms with Crippen LogP contribution in [0.4, 0.5) is 4.39 Å². The second kappa shape index (κ2) is 5.50. The van der Waals surface area contributed by atoms with Crippen LogP contribution in [0, 0.1) is 5.82 Å². The summed E-state index contributed by atoms with van der Waals surface area (Å²) < 4.78 is 13.2. The summed E-state index contributed by atoms with van der Waals surface area (Å²) in [7, 11) is 0. The molecule has 19 heavy (non-hydrogen) atoms. The summed E-state index contributed by atoms with van der Waals surface area (Å²) in [4.78, 5) is 23.9. The molecule has 0 aliphatic carbocycles. The molecule has 0 saturated carbocycles. The first-order valence-electron chi connectivity index (χ1n) is 5.20. The fourth-order valence-corrected chi connectivity index (χ4v) is 2.77. The highest BCUT2D eigenvalue weighted by molar-refractivity contribution is 8.26. The van der Waals surface area contributed by atoms with Gasteiger partial charge in [0.25, 0.3) is 5.91 Å². The van der Waals surface area contributed by atoms with Crippen molar-refractivity contribution in [2.75, 3.05) is 6.54 Å². The van der Waals surface area contributed by atoms with Crippen LogP contribution in [-0.4, -0.2) is 32.7 Å². The summed E-state index contributed by atoms with van der Waals surface area (Å²) >= 11 is 5.95. The summed E-state index contributed by atoms with van der Waals surface area (Å²) in [5, 5.41) is 8.69. The zero-order valence-electron chi connectivity index (χ0n) is 9.50. The normalized spacial score (nSPS) is 17.3. The molecule has 0 bridgehead atoms. The van der Waals surface area contributed by atoms with Crippen molar-refractivity contribution < 1.29 is 19.1 Å². The number of thioether (sulfide) groups is 1. The van der Waals surface area contributed by atoms with Crippen molar-refractivity contribution in [2.24, 2.45) is 0 Å². The predicted molar refractivity (Wildman–Crippen MR) is 73.9 cm³/mol. The quantitative estimate of drug-likeness (QED) is 0.684. The molecule has 98 valence electrons. The van der Waals surface area contributed by atoms with Gasteiger partial charge in [0.15, 0.2) is 0 Å². The van der Waals surface area contributed by atoms with Gasteiger partial charge in [-0.2, -0.15) is 0 Å². The largest absolute Gasteiger partial charge is 0.480 e. The molecule has 0 atom stereocenters. The molecule has 0 radical (unpaired) electrons. The number of amides is 1. The Kier molecular flexibility index (Phi) is 3.96. The van der Waals surface area contributed by atoms with E-state index in [1.165, 1.54) is 24.3 Å². The average molecular weight is 297 g/mol. The predicted octanol–water partition coefficient (Wildman–Crippen LogP) is 2.11. The summed E-state index contributed by atoms with van der Waals surface area (Å²) in [6, 6.07) is 5.75. The number of aliphatic carboxylic acids is 1. The van der Waals surface area contributed by atoms with Gasteiger partial charge in [-0.15, -0.1) is 0 Å². The van der Waals surface area contributed by atoms with Gasteiger partial charge in [0.1, 0.15) is 16.7 Å². The van der Waals surface area contributed by atoms with Crippen molar-refractivity contribution >= 4 is 46.3 Å². The van der Waals surface area contributed by atoms with E-state index in [4.69, 9.17) is 17.3 Å². The number of carbonyl (C=O) groups excluding carboxylic acids is 1. The first-order chi connectivity index (χ1) is 8.97. The maximum atomic E-state index is 13.0. The summed E-state index contributed by atoms with van der Waals surface area (Å²) in [6.45, 7) is -0.467. The number of carboxylic acids is 1. The maximum Gasteiger partial charge on any atom is 0.323 e. The second-order valence-electron chi connectivity index (χ2n) is 3.72. The Morgan fingerprint density at radius 2 is 2.26 bits per heavy atom. The summed E-state index contributed by atoms with van der Waals surface area (Å²) in [5.41, 5.74) is 0.524. The lowest BCUT2D eigenvalue weighted by molar-refractivity contribution is -0.140. The molecular weight excluding hydrogens is 289 g/mol. The fraction of sp³-hybridized carbons (Fsp3) is 0.0833. The van der Waals surface area contributed by atoms with Gasteiger partial charge in [0.2, 0.25) is 0 Å². The molecule has 2 rings (SSSR count). The summed E-state index contributed by atoms with van der Waals surface area (Å²) in [6.07, 6.45) is 1.49. The van der Waals surface area contributed by atoms with Crippen molar-refractivity contribution in [2.45, 2.75) is 0 Å². The minimum Gasteiger partial charge on any atom is -0.480 e. The molecule has 1 aliphatic rings. The molecule has 1 heterocycles. The van der Waals surface area contributed by atoms with Gasteiger partial charge in [-0.1, -0.05) is 36.1 Å². The van der Waals surface area contributed by atoms with E-state index in [-0.39, 0.29) is 9.23 Å². The first kappa shape index (κ1) is 13.7. The average Bonchev–Trinajstić information content (AvgIpc) is 2.57.